The first-order valence-corrected chi connectivity index (χ1v) is 17.1. The SMILES string of the molecule is CC(C)c1cc(Oc2cc(C(C)C)cc(-c3ccc4sc5ccccc5c4c3)n2)nc(-c2ccc3sc4ccccc4c3c2)c1. The highest BCUT2D eigenvalue weighted by atomic mass is 32.1. The van der Waals surface area contributed by atoms with Crippen LogP contribution >= 0.6 is 22.7 Å². The van der Waals surface area contributed by atoms with E-state index in [1.807, 2.05) is 22.7 Å². The minimum absolute atomic E-state index is 0.317. The molecule has 4 aromatic carbocycles. The molecule has 0 atom stereocenters. The Balaban J connectivity index is 1.21. The number of benzene rings is 4. The molecule has 0 amide bonds. The number of hydrogen-bond acceptors (Lipinski definition) is 5. The van der Waals surface area contributed by atoms with Gasteiger partial charge in [-0.25, -0.2) is 9.97 Å². The first-order valence-electron chi connectivity index (χ1n) is 15.4. The second-order valence-corrected chi connectivity index (χ2v) is 14.4. The minimum atomic E-state index is 0.317. The first-order chi connectivity index (χ1) is 21.9. The van der Waals surface area contributed by atoms with Crippen LogP contribution in [0, 0.1) is 0 Å². The Morgan fingerprint density at radius 2 is 0.889 bits per heavy atom. The van der Waals surface area contributed by atoms with Gasteiger partial charge in [0.2, 0.25) is 11.8 Å². The molecular formula is C40H32N2OS2. The lowest BCUT2D eigenvalue weighted by molar-refractivity contribution is 0.443. The molecule has 3 nitrogen and oxygen atoms in total. The number of fused-ring (bicyclic) bond motifs is 6. The quantitative estimate of drug-likeness (QED) is 0.185. The number of aromatic nitrogens is 2. The molecule has 8 rings (SSSR count). The Labute approximate surface area is 270 Å². The van der Waals surface area contributed by atoms with Gasteiger partial charge in [0.25, 0.3) is 0 Å². The summed E-state index contributed by atoms with van der Waals surface area (Å²) in [5, 5.41) is 5.09. The van der Waals surface area contributed by atoms with Crippen molar-refractivity contribution < 1.29 is 4.74 Å². The van der Waals surface area contributed by atoms with Crippen LogP contribution in [0.25, 0.3) is 62.9 Å². The van der Waals surface area contributed by atoms with Crippen molar-refractivity contribution >= 4 is 63.0 Å². The molecule has 0 aliphatic carbocycles. The average Bonchev–Trinajstić information content (AvgIpc) is 3.62. The summed E-state index contributed by atoms with van der Waals surface area (Å²) >= 11 is 3.66. The van der Waals surface area contributed by atoms with Crippen LogP contribution in [0.15, 0.2) is 109 Å². The lowest BCUT2D eigenvalue weighted by Crippen LogP contribution is -1.99. The van der Waals surface area contributed by atoms with E-state index in [4.69, 9.17) is 14.7 Å². The van der Waals surface area contributed by atoms with E-state index in [-0.39, 0.29) is 0 Å². The van der Waals surface area contributed by atoms with Crippen molar-refractivity contribution in [2.45, 2.75) is 39.5 Å². The van der Waals surface area contributed by atoms with E-state index in [0.717, 1.165) is 22.5 Å². The zero-order chi connectivity index (χ0) is 30.7. The number of pyridine rings is 2. The van der Waals surface area contributed by atoms with Gasteiger partial charge < -0.3 is 4.74 Å². The van der Waals surface area contributed by atoms with E-state index in [1.165, 1.54) is 51.5 Å². The third kappa shape index (κ3) is 5.16. The number of nitrogens with zero attached hydrogens (tertiary/aromatic N) is 2. The van der Waals surface area contributed by atoms with Crippen LogP contribution in [-0.2, 0) is 0 Å². The van der Waals surface area contributed by atoms with E-state index >= 15 is 0 Å². The van der Waals surface area contributed by atoms with Crippen LogP contribution < -0.4 is 4.74 Å². The fourth-order valence-corrected chi connectivity index (χ4v) is 8.17. The van der Waals surface area contributed by atoms with Crippen molar-refractivity contribution in [1.82, 2.24) is 9.97 Å². The van der Waals surface area contributed by atoms with Gasteiger partial charge in [-0.1, -0.05) is 76.2 Å². The van der Waals surface area contributed by atoms with Gasteiger partial charge in [-0.15, -0.1) is 22.7 Å². The number of thiophene rings is 2. The summed E-state index contributed by atoms with van der Waals surface area (Å²) in [5.74, 6) is 1.75. The van der Waals surface area contributed by atoms with Gasteiger partial charge in [-0.05, 0) is 71.5 Å². The molecule has 4 aromatic heterocycles. The second-order valence-electron chi connectivity index (χ2n) is 12.3. The van der Waals surface area contributed by atoms with Gasteiger partial charge in [0.05, 0.1) is 11.4 Å². The topological polar surface area (TPSA) is 35.0 Å². The molecule has 5 heteroatoms. The van der Waals surface area contributed by atoms with Gasteiger partial charge in [0.1, 0.15) is 0 Å². The van der Waals surface area contributed by atoms with Crippen molar-refractivity contribution in [3.8, 4) is 34.3 Å². The molecule has 0 N–H and O–H groups in total. The summed E-state index contributed by atoms with van der Waals surface area (Å²) in [6.45, 7) is 8.83. The maximum absolute atomic E-state index is 6.55. The minimum Gasteiger partial charge on any atom is -0.421 e. The Hall–Kier alpha value is -4.58. The highest BCUT2D eigenvalue weighted by molar-refractivity contribution is 7.26. The van der Waals surface area contributed by atoms with Gasteiger partial charge in [0.15, 0.2) is 0 Å². The van der Waals surface area contributed by atoms with Crippen LogP contribution in [-0.4, -0.2) is 9.97 Å². The molecule has 220 valence electrons. The maximum Gasteiger partial charge on any atom is 0.222 e. The monoisotopic (exact) mass is 620 g/mol. The molecule has 0 fully saturated rings. The van der Waals surface area contributed by atoms with Crippen LogP contribution in [0.1, 0.15) is 50.7 Å². The summed E-state index contributed by atoms with van der Waals surface area (Å²) < 4.78 is 11.7. The van der Waals surface area contributed by atoms with Gasteiger partial charge in [0, 0.05) is 63.6 Å². The van der Waals surface area contributed by atoms with Crippen molar-refractivity contribution in [3.05, 3.63) is 120 Å². The summed E-state index contributed by atoms with van der Waals surface area (Å²) in [5.41, 5.74) is 6.34. The molecule has 0 saturated heterocycles. The fraction of sp³-hybridized carbons (Fsp3) is 0.150. The van der Waals surface area contributed by atoms with Crippen molar-refractivity contribution in [2.24, 2.45) is 0 Å². The molecule has 0 spiro atoms. The third-order valence-corrected chi connectivity index (χ3v) is 10.8. The van der Waals surface area contributed by atoms with Crippen LogP contribution in [0.4, 0.5) is 0 Å². The molecule has 0 radical (unpaired) electrons. The van der Waals surface area contributed by atoms with Crippen LogP contribution in [0.2, 0.25) is 0 Å². The predicted octanol–water partition coefficient (Wildman–Crippen LogP) is 12.6. The fourth-order valence-electron chi connectivity index (χ4n) is 6.00. The largest absolute Gasteiger partial charge is 0.421 e. The van der Waals surface area contributed by atoms with Crippen molar-refractivity contribution in [3.63, 3.8) is 0 Å². The lowest BCUT2D eigenvalue weighted by Gasteiger charge is -2.15. The van der Waals surface area contributed by atoms with E-state index in [1.54, 1.807) is 0 Å². The number of hydrogen-bond donors (Lipinski definition) is 0. The van der Waals surface area contributed by atoms with Crippen LogP contribution in [0.5, 0.6) is 11.8 Å². The molecule has 0 bridgehead atoms. The van der Waals surface area contributed by atoms with Crippen LogP contribution in [0.3, 0.4) is 0 Å². The molecule has 4 heterocycles. The molecule has 8 aromatic rings. The first kappa shape index (κ1) is 27.9. The molecule has 0 unspecified atom stereocenters. The zero-order valence-electron chi connectivity index (χ0n) is 25.7. The smallest absolute Gasteiger partial charge is 0.222 e. The van der Waals surface area contributed by atoms with E-state index < -0.39 is 0 Å². The average molecular weight is 621 g/mol. The summed E-state index contributed by atoms with van der Waals surface area (Å²) in [6, 6.07) is 39.0. The van der Waals surface area contributed by atoms with E-state index in [9.17, 15) is 0 Å². The highest BCUT2D eigenvalue weighted by Gasteiger charge is 2.15. The molecule has 0 aliphatic heterocycles. The van der Waals surface area contributed by atoms with E-state index in [2.05, 4.69) is 137 Å². The maximum atomic E-state index is 6.55. The molecule has 0 aliphatic rings. The molecular weight excluding hydrogens is 589 g/mol. The van der Waals surface area contributed by atoms with E-state index in [0.29, 0.717) is 23.6 Å². The Bertz CT molecular complexity index is 2210. The standard InChI is InChI=1S/C40H32N2OS2/c1-23(2)27-19-33(25-13-15-37-31(17-25)29-9-5-7-11-35(29)44-37)41-39(21-27)43-40-22-28(24(3)4)20-34(42-40)26-14-16-38-32(18-26)30-10-6-8-12-36(30)45-38/h5-24H,1-4H3. The zero-order valence-corrected chi connectivity index (χ0v) is 27.3. The summed E-state index contributed by atoms with van der Waals surface area (Å²) in [7, 11) is 0. The number of ether oxygens (including phenoxy) is 1. The Kier molecular flexibility index (Phi) is 6.89. The lowest BCUT2D eigenvalue weighted by atomic mass is 10.00. The Morgan fingerprint density at radius 3 is 1.33 bits per heavy atom. The molecule has 0 saturated carbocycles. The van der Waals surface area contributed by atoms with Crippen molar-refractivity contribution in [1.29, 1.82) is 0 Å². The third-order valence-electron chi connectivity index (χ3n) is 8.54. The van der Waals surface area contributed by atoms with Gasteiger partial charge in [-0.2, -0.15) is 0 Å². The van der Waals surface area contributed by atoms with Crippen molar-refractivity contribution in [2.75, 3.05) is 0 Å². The predicted molar refractivity (Wildman–Crippen MR) is 193 cm³/mol. The number of rotatable bonds is 6. The molecule has 45 heavy (non-hydrogen) atoms. The normalized spacial score (nSPS) is 12.0. The summed E-state index contributed by atoms with van der Waals surface area (Å²) in [4.78, 5) is 10.1. The van der Waals surface area contributed by atoms with Gasteiger partial charge in [-0.3, -0.25) is 0 Å². The summed E-state index contributed by atoms with van der Waals surface area (Å²) in [6.07, 6.45) is 0. The van der Waals surface area contributed by atoms with Gasteiger partial charge >= 0.3 is 0 Å². The second kappa shape index (κ2) is 11.1. The Morgan fingerprint density at radius 1 is 0.467 bits per heavy atom. The highest BCUT2D eigenvalue weighted by Crippen LogP contribution is 2.39.